The van der Waals surface area contributed by atoms with Gasteiger partial charge in [-0.05, 0) is 37.5 Å². The van der Waals surface area contributed by atoms with Crippen LogP contribution in [0.3, 0.4) is 0 Å². The zero-order chi connectivity index (χ0) is 19.4. The Balaban J connectivity index is 1.79. The van der Waals surface area contributed by atoms with Crippen molar-refractivity contribution in [3.63, 3.8) is 0 Å². The minimum Gasteiger partial charge on any atom is -0.494 e. The van der Waals surface area contributed by atoms with Gasteiger partial charge < -0.3 is 10.2 Å². The van der Waals surface area contributed by atoms with Crippen molar-refractivity contribution in [2.75, 3.05) is 0 Å². The number of unbranched alkanes of at least 4 members (excludes halogenated alkanes) is 1. The van der Waals surface area contributed by atoms with Crippen molar-refractivity contribution in [1.82, 2.24) is 4.57 Å². The van der Waals surface area contributed by atoms with Crippen LogP contribution in [0.25, 0.3) is 10.8 Å². The molecule has 0 radical (unpaired) electrons. The highest BCUT2D eigenvalue weighted by Crippen LogP contribution is 2.37. The number of hydrogen-bond acceptors (Lipinski definition) is 4. The maximum atomic E-state index is 12.3. The zero-order valence-electron chi connectivity index (χ0n) is 15.5. The van der Waals surface area contributed by atoms with E-state index < -0.39 is 5.91 Å². The van der Waals surface area contributed by atoms with Crippen molar-refractivity contribution in [2.45, 2.75) is 58.4 Å². The van der Waals surface area contributed by atoms with Gasteiger partial charge in [0.1, 0.15) is 0 Å². The van der Waals surface area contributed by atoms with E-state index in [9.17, 15) is 19.8 Å². The predicted octanol–water partition coefficient (Wildman–Crippen LogP) is 4.55. The number of azo groups is 1. The van der Waals surface area contributed by atoms with E-state index in [2.05, 4.69) is 10.2 Å². The minimum atomic E-state index is -0.638. The Morgan fingerprint density at radius 3 is 2.48 bits per heavy atom. The van der Waals surface area contributed by atoms with E-state index in [1.807, 2.05) is 6.92 Å². The van der Waals surface area contributed by atoms with Crippen LogP contribution in [0.5, 0.6) is 11.8 Å². The van der Waals surface area contributed by atoms with Crippen LogP contribution >= 0.6 is 0 Å². The van der Waals surface area contributed by atoms with E-state index in [1.54, 1.807) is 6.07 Å². The van der Waals surface area contributed by atoms with Gasteiger partial charge in [0.25, 0.3) is 11.8 Å². The Kier molecular flexibility index (Phi) is 5.88. The molecule has 27 heavy (non-hydrogen) atoms. The fourth-order valence-electron chi connectivity index (χ4n) is 3.56. The molecule has 1 saturated carbocycles. The Hall–Kier alpha value is -2.70. The lowest BCUT2D eigenvalue weighted by Crippen LogP contribution is -2.15. The quantitative estimate of drug-likeness (QED) is 0.752. The molecule has 0 saturated heterocycles. The molecule has 1 heterocycles. The van der Waals surface area contributed by atoms with Crippen molar-refractivity contribution in [3.05, 3.63) is 23.8 Å². The van der Waals surface area contributed by atoms with Gasteiger partial charge in [0.2, 0.25) is 11.8 Å². The van der Waals surface area contributed by atoms with Crippen molar-refractivity contribution in [3.8, 4) is 11.8 Å². The van der Waals surface area contributed by atoms with Crippen molar-refractivity contribution >= 4 is 22.6 Å². The Morgan fingerprint density at radius 2 is 1.78 bits per heavy atom. The van der Waals surface area contributed by atoms with E-state index in [-0.39, 0.29) is 29.1 Å². The number of carbonyl (C=O) groups excluding carboxylic acids is 2. The van der Waals surface area contributed by atoms with Gasteiger partial charge in [0.15, 0.2) is 0 Å². The van der Waals surface area contributed by atoms with Crippen LogP contribution in [-0.4, -0.2) is 26.6 Å². The molecule has 7 nitrogen and oxygen atoms in total. The number of amides is 2. The van der Waals surface area contributed by atoms with E-state index in [0.717, 1.165) is 44.9 Å². The van der Waals surface area contributed by atoms with Crippen LogP contribution in [0.15, 0.2) is 28.4 Å². The van der Waals surface area contributed by atoms with Gasteiger partial charge in [0.05, 0.1) is 0 Å². The summed E-state index contributed by atoms with van der Waals surface area (Å²) in [6, 6.07) is 4.55. The second-order valence-electron chi connectivity index (χ2n) is 7.09. The lowest BCUT2D eigenvalue weighted by Gasteiger charge is -2.17. The highest BCUT2D eigenvalue weighted by Gasteiger charge is 2.22. The second-order valence-corrected chi connectivity index (χ2v) is 7.09. The molecule has 1 fully saturated rings. The number of carbonyl (C=O) groups is 2. The summed E-state index contributed by atoms with van der Waals surface area (Å²) < 4.78 is 1.43. The number of aromatic hydroxyl groups is 2. The topological polar surface area (TPSA) is 104 Å². The van der Waals surface area contributed by atoms with E-state index in [1.165, 1.54) is 16.7 Å². The molecule has 1 aliphatic rings. The van der Waals surface area contributed by atoms with Crippen LogP contribution in [0.2, 0.25) is 0 Å². The standard InChI is InChI=1S/C20H25N3O4/c1-2-3-11-23-19(26)15-10-9-14(12-16(15)20(23)27)18(25)22-21-17(24)13-7-5-4-6-8-13/h9-10,12-13,26-27H,2-8,11H2,1H3. The summed E-state index contributed by atoms with van der Waals surface area (Å²) in [5.41, 5.74) is 0.214. The van der Waals surface area contributed by atoms with E-state index >= 15 is 0 Å². The van der Waals surface area contributed by atoms with Crippen molar-refractivity contribution in [2.24, 2.45) is 16.1 Å². The third-order valence-corrected chi connectivity index (χ3v) is 5.19. The molecule has 0 bridgehead atoms. The fraction of sp³-hybridized carbons (Fsp3) is 0.500. The van der Waals surface area contributed by atoms with Gasteiger partial charge in [-0.3, -0.25) is 14.2 Å². The van der Waals surface area contributed by atoms with E-state index in [4.69, 9.17) is 0 Å². The summed E-state index contributed by atoms with van der Waals surface area (Å²) in [6.07, 6.45) is 6.49. The van der Waals surface area contributed by atoms with Gasteiger partial charge in [-0.15, -0.1) is 10.2 Å². The third kappa shape index (κ3) is 4.02. The molecule has 0 aliphatic heterocycles. The monoisotopic (exact) mass is 371 g/mol. The first kappa shape index (κ1) is 19.1. The molecule has 0 unspecified atom stereocenters. The predicted molar refractivity (Wildman–Crippen MR) is 101 cm³/mol. The first-order chi connectivity index (χ1) is 13.0. The number of hydrogen-bond donors (Lipinski definition) is 2. The number of benzene rings is 1. The largest absolute Gasteiger partial charge is 0.494 e. The Labute approximate surface area is 157 Å². The number of aromatic nitrogens is 1. The average molecular weight is 371 g/mol. The number of fused-ring (bicyclic) bond motifs is 1. The fourth-order valence-corrected chi connectivity index (χ4v) is 3.56. The molecule has 0 spiro atoms. The minimum absolute atomic E-state index is 0.0240. The van der Waals surface area contributed by atoms with Crippen molar-refractivity contribution in [1.29, 1.82) is 0 Å². The highest BCUT2D eigenvalue weighted by molar-refractivity contribution is 6.02. The van der Waals surface area contributed by atoms with Crippen LogP contribution in [0.1, 0.15) is 62.2 Å². The molecule has 1 aromatic heterocycles. The molecule has 0 atom stereocenters. The number of nitrogens with zero attached hydrogens (tertiary/aromatic N) is 3. The normalized spacial score (nSPS) is 15.6. The molecule has 144 valence electrons. The van der Waals surface area contributed by atoms with Gasteiger partial charge in [0, 0.05) is 28.8 Å². The van der Waals surface area contributed by atoms with Crippen LogP contribution in [0.4, 0.5) is 0 Å². The molecule has 3 rings (SSSR count). The lowest BCUT2D eigenvalue weighted by atomic mass is 9.89. The van der Waals surface area contributed by atoms with Crippen LogP contribution in [-0.2, 0) is 11.3 Å². The maximum Gasteiger partial charge on any atom is 0.295 e. The van der Waals surface area contributed by atoms with E-state index in [0.29, 0.717) is 17.3 Å². The van der Waals surface area contributed by atoms with Crippen LogP contribution in [0, 0.1) is 5.92 Å². The van der Waals surface area contributed by atoms with Gasteiger partial charge in [-0.25, -0.2) is 0 Å². The molecule has 7 heteroatoms. The van der Waals surface area contributed by atoms with Gasteiger partial charge in [-0.2, -0.15) is 0 Å². The van der Waals surface area contributed by atoms with Crippen molar-refractivity contribution < 1.29 is 19.8 Å². The summed E-state index contributed by atoms with van der Waals surface area (Å²) in [4.78, 5) is 24.3. The Morgan fingerprint density at radius 1 is 1.07 bits per heavy atom. The zero-order valence-corrected chi connectivity index (χ0v) is 15.5. The van der Waals surface area contributed by atoms with Gasteiger partial charge in [-0.1, -0.05) is 32.6 Å². The molecule has 2 N–H and O–H groups in total. The van der Waals surface area contributed by atoms with Gasteiger partial charge >= 0.3 is 0 Å². The Bertz CT molecular complexity index is 879. The third-order valence-electron chi connectivity index (χ3n) is 5.19. The molecule has 2 amide bonds. The molecule has 1 aromatic carbocycles. The van der Waals surface area contributed by atoms with Crippen LogP contribution < -0.4 is 0 Å². The first-order valence-corrected chi connectivity index (χ1v) is 9.57. The molecule has 2 aromatic rings. The number of rotatable bonds is 5. The highest BCUT2D eigenvalue weighted by atomic mass is 16.3. The summed E-state index contributed by atoms with van der Waals surface area (Å²) in [6.45, 7) is 2.51. The first-order valence-electron chi connectivity index (χ1n) is 9.57. The summed E-state index contributed by atoms with van der Waals surface area (Å²) >= 11 is 0. The summed E-state index contributed by atoms with van der Waals surface area (Å²) in [5, 5.41) is 28.7. The lowest BCUT2D eigenvalue weighted by molar-refractivity contribution is -0.123. The average Bonchev–Trinajstić information content (AvgIpc) is 2.94. The SMILES string of the molecule is CCCCn1c(O)c2ccc(C(=O)N=NC(=O)C3CCCCC3)cc2c1O. The molecular weight excluding hydrogens is 346 g/mol. The molecule has 1 aliphatic carbocycles. The summed E-state index contributed by atoms with van der Waals surface area (Å²) in [5.74, 6) is -1.21. The maximum absolute atomic E-state index is 12.3. The second kappa shape index (κ2) is 8.33. The smallest absolute Gasteiger partial charge is 0.295 e. The summed E-state index contributed by atoms with van der Waals surface area (Å²) in [7, 11) is 0. The molecular formula is C20H25N3O4.